The molecule has 1 fully saturated rings. The predicted molar refractivity (Wildman–Crippen MR) is 74.3 cm³/mol. The van der Waals surface area contributed by atoms with Crippen molar-refractivity contribution in [1.82, 2.24) is 0 Å². The molecule has 1 saturated carbocycles. The number of sulfone groups is 1. The average molecular weight is 316 g/mol. The molecule has 7 heteroatoms. The van der Waals surface area contributed by atoms with Crippen LogP contribution in [0.1, 0.15) is 18.4 Å². The Bertz CT molecular complexity index is 640. The Morgan fingerprint density at radius 3 is 2.38 bits per heavy atom. The van der Waals surface area contributed by atoms with Gasteiger partial charge in [0.2, 0.25) is 0 Å². The Hall–Kier alpha value is -1.47. The number of carboxylic acids is 1. The molecule has 0 radical (unpaired) electrons. The quantitative estimate of drug-likeness (QED) is 0.859. The second-order valence-corrected chi connectivity index (χ2v) is 7.59. The molecule has 1 aliphatic carbocycles. The van der Waals surface area contributed by atoms with E-state index in [4.69, 9.17) is 4.74 Å². The lowest BCUT2D eigenvalue weighted by molar-refractivity contribution is -0.145. The summed E-state index contributed by atoms with van der Waals surface area (Å²) >= 11 is 0. The van der Waals surface area contributed by atoms with Gasteiger partial charge in [0.25, 0.3) is 0 Å². The summed E-state index contributed by atoms with van der Waals surface area (Å²) in [6.07, 6.45) is 0. The molecule has 1 aromatic rings. The zero-order valence-electron chi connectivity index (χ0n) is 11.7. The first-order valence-electron chi connectivity index (χ1n) is 6.50. The van der Waals surface area contributed by atoms with Crippen LogP contribution >= 0.6 is 0 Å². The van der Waals surface area contributed by atoms with Gasteiger partial charge >= 0.3 is 5.97 Å². The fourth-order valence-corrected chi connectivity index (χ4v) is 5.03. The van der Waals surface area contributed by atoms with Gasteiger partial charge in [-0.3, -0.25) is 4.79 Å². The first-order chi connectivity index (χ1) is 9.81. The Morgan fingerprint density at radius 1 is 1.38 bits per heavy atom. The third-order valence-corrected chi connectivity index (χ3v) is 6.33. The molecule has 5 nitrogen and oxygen atoms in total. The number of rotatable bonds is 6. The van der Waals surface area contributed by atoms with Crippen molar-refractivity contribution in [3.8, 4) is 0 Å². The second-order valence-electron chi connectivity index (χ2n) is 5.18. The number of halogens is 1. The van der Waals surface area contributed by atoms with E-state index in [0.29, 0.717) is 5.56 Å². The van der Waals surface area contributed by atoms with Crippen molar-refractivity contribution in [2.45, 2.75) is 18.1 Å². The highest BCUT2D eigenvalue weighted by Crippen LogP contribution is 2.63. The predicted octanol–water partition coefficient (Wildman–Crippen LogP) is 1.44. The number of methoxy groups -OCH3 is 1. The third-order valence-electron chi connectivity index (χ3n) is 4.06. The fraction of sp³-hybridized carbons (Fsp3) is 0.500. The van der Waals surface area contributed by atoms with E-state index in [2.05, 4.69) is 0 Å². The molecule has 0 amide bonds. The first kappa shape index (κ1) is 15.9. The normalized spacial score (nSPS) is 28.3. The van der Waals surface area contributed by atoms with Gasteiger partial charge in [-0.2, -0.15) is 0 Å². The standard InChI is InChI=1S/C14H17FO5S/c1-3-21(18,19)12-11(9-4-6-10(15)7-5-9)14(12,8-20-2)13(16)17/h4-7,11-12H,3,8H2,1-2H3,(H,16,17)/t11-,12-,14+/m1/s1. The summed E-state index contributed by atoms with van der Waals surface area (Å²) in [5.74, 6) is -2.53. The third kappa shape index (κ3) is 2.44. The van der Waals surface area contributed by atoms with Gasteiger partial charge < -0.3 is 9.84 Å². The van der Waals surface area contributed by atoms with Gasteiger partial charge in [0, 0.05) is 18.8 Å². The van der Waals surface area contributed by atoms with Crippen LogP contribution in [0.5, 0.6) is 0 Å². The number of hydrogen-bond donors (Lipinski definition) is 1. The summed E-state index contributed by atoms with van der Waals surface area (Å²) in [6.45, 7) is 1.28. The van der Waals surface area contributed by atoms with E-state index in [1.807, 2.05) is 0 Å². The van der Waals surface area contributed by atoms with Crippen molar-refractivity contribution < 1.29 is 27.4 Å². The van der Waals surface area contributed by atoms with Crippen LogP contribution in [-0.2, 0) is 19.4 Å². The number of hydrogen-bond acceptors (Lipinski definition) is 4. The monoisotopic (exact) mass is 316 g/mol. The van der Waals surface area contributed by atoms with E-state index in [1.54, 1.807) is 0 Å². The highest BCUT2D eigenvalue weighted by molar-refractivity contribution is 7.92. The summed E-state index contributed by atoms with van der Waals surface area (Å²) in [4.78, 5) is 11.7. The first-order valence-corrected chi connectivity index (χ1v) is 8.22. The van der Waals surface area contributed by atoms with Gasteiger partial charge in [0.05, 0.1) is 11.9 Å². The molecular formula is C14H17FO5S. The van der Waals surface area contributed by atoms with Gasteiger partial charge in [-0.25, -0.2) is 12.8 Å². The zero-order valence-corrected chi connectivity index (χ0v) is 12.6. The Kier molecular flexibility index (Phi) is 4.08. The summed E-state index contributed by atoms with van der Waals surface area (Å²) in [7, 11) is -2.23. The molecule has 3 atom stereocenters. The smallest absolute Gasteiger partial charge is 0.314 e. The molecular weight excluding hydrogens is 299 g/mol. The van der Waals surface area contributed by atoms with Crippen LogP contribution in [0.3, 0.4) is 0 Å². The molecule has 0 spiro atoms. The van der Waals surface area contributed by atoms with Crippen LogP contribution in [0.15, 0.2) is 24.3 Å². The fourth-order valence-electron chi connectivity index (χ4n) is 2.98. The molecule has 0 heterocycles. The molecule has 0 bridgehead atoms. The van der Waals surface area contributed by atoms with Crippen LogP contribution in [0, 0.1) is 11.2 Å². The summed E-state index contributed by atoms with van der Waals surface area (Å²) < 4.78 is 42.4. The summed E-state index contributed by atoms with van der Waals surface area (Å²) in [5.41, 5.74) is -1.00. The van der Waals surface area contributed by atoms with Gasteiger partial charge in [-0.05, 0) is 17.7 Å². The number of aliphatic carboxylic acids is 1. The lowest BCUT2D eigenvalue weighted by Crippen LogP contribution is -2.29. The number of benzene rings is 1. The van der Waals surface area contributed by atoms with E-state index in [0.717, 1.165) is 0 Å². The highest BCUT2D eigenvalue weighted by Gasteiger charge is 2.75. The van der Waals surface area contributed by atoms with Crippen LogP contribution in [0.2, 0.25) is 0 Å². The summed E-state index contributed by atoms with van der Waals surface area (Å²) in [5, 5.41) is 8.49. The molecule has 2 rings (SSSR count). The molecule has 1 N–H and O–H groups in total. The van der Waals surface area contributed by atoms with Crippen molar-refractivity contribution >= 4 is 15.8 Å². The average Bonchev–Trinajstić information content (AvgIpc) is 3.11. The lowest BCUT2D eigenvalue weighted by Gasteiger charge is -2.11. The number of ether oxygens (including phenoxy) is 1. The van der Waals surface area contributed by atoms with Crippen molar-refractivity contribution in [3.05, 3.63) is 35.6 Å². The Balaban J connectivity index is 2.51. The van der Waals surface area contributed by atoms with E-state index in [9.17, 15) is 22.7 Å². The summed E-state index contributed by atoms with van der Waals surface area (Å²) in [6, 6.07) is 5.25. The molecule has 0 saturated heterocycles. The van der Waals surface area contributed by atoms with E-state index < -0.39 is 38.2 Å². The molecule has 21 heavy (non-hydrogen) atoms. The minimum absolute atomic E-state index is 0.145. The Labute approximate surface area is 122 Å². The highest BCUT2D eigenvalue weighted by atomic mass is 32.2. The van der Waals surface area contributed by atoms with Crippen LogP contribution in [0.25, 0.3) is 0 Å². The minimum Gasteiger partial charge on any atom is -0.481 e. The lowest BCUT2D eigenvalue weighted by atomic mass is 10.00. The molecule has 116 valence electrons. The number of carbonyl (C=O) groups is 1. The van der Waals surface area contributed by atoms with E-state index in [1.165, 1.54) is 38.3 Å². The SMILES string of the molecule is CCS(=O)(=O)[C@@H]1[C@@H](c2ccc(F)cc2)[C@]1(COC)C(=O)O. The van der Waals surface area contributed by atoms with E-state index in [-0.39, 0.29) is 12.4 Å². The van der Waals surface area contributed by atoms with Gasteiger partial charge in [-0.1, -0.05) is 19.1 Å². The van der Waals surface area contributed by atoms with Crippen molar-refractivity contribution in [2.75, 3.05) is 19.5 Å². The van der Waals surface area contributed by atoms with E-state index >= 15 is 0 Å². The van der Waals surface area contributed by atoms with Crippen LogP contribution in [-0.4, -0.2) is 44.2 Å². The maximum Gasteiger partial charge on any atom is 0.314 e. The van der Waals surface area contributed by atoms with Crippen molar-refractivity contribution in [1.29, 1.82) is 0 Å². The van der Waals surface area contributed by atoms with Crippen LogP contribution in [0.4, 0.5) is 4.39 Å². The van der Waals surface area contributed by atoms with Gasteiger partial charge in [0.15, 0.2) is 9.84 Å². The van der Waals surface area contributed by atoms with Crippen molar-refractivity contribution in [2.24, 2.45) is 5.41 Å². The molecule has 1 aliphatic rings. The molecule has 0 aromatic heterocycles. The molecule has 0 aliphatic heterocycles. The van der Waals surface area contributed by atoms with Gasteiger partial charge in [0.1, 0.15) is 11.2 Å². The number of carboxylic acid groups (broad SMARTS) is 1. The van der Waals surface area contributed by atoms with Crippen molar-refractivity contribution in [3.63, 3.8) is 0 Å². The molecule has 1 aromatic carbocycles. The van der Waals surface area contributed by atoms with Crippen LogP contribution < -0.4 is 0 Å². The second kappa shape index (κ2) is 5.38. The van der Waals surface area contributed by atoms with Gasteiger partial charge in [-0.15, -0.1) is 0 Å². The topological polar surface area (TPSA) is 80.7 Å². The zero-order chi connectivity index (χ0) is 15.8. The maximum absolute atomic E-state index is 13.0. The maximum atomic E-state index is 13.0. The minimum atomic E-state index is -3.56. The Morgan fingerprint density at radius 2 is 1.95 bits per heavy atom. The molecule has 0 unspecified atom stereocenters. The largest absolute Gasteiger partial charge is 0.481 e.